The molecule has 0 fully saturated rings. The van der Waals surface area contributed by atoms with Gasteiger partial charge in [0.05, 0.1) is 6.10 Å². The highest BCUT2D eigenvalue weighted by Crippen LogP contribution is 2.15. The predicted molar refractivity (Wildman–Crippen MR) is 133 cm³/mol. The van der Waals surface area contributed by atoms with Gasteiger partial charge in [0.15, 0.2) is 5.96 Å². The first-order valence-corrected chi connectivity index (χ1v) is 10.1. The van der Waals surface area contributed by atoms with Crippen molar-refractivity contribution in [2.75, 3.05) is 26.7 Å². The van der Waals surface area contributed by atoms with Crippen molar-refractivity contribution < 1.29 is 9.53 Å². The molecule has 2 aromatic rings. The Morgan fingerprint density at radius 3 is 2.27 bits per heavy atom. The van der Waals surface area contributed by atoms with E-state index in [9.17, 15) is 4.79 Å². The fourth-order valence-electron chi connectivity index (χ4n) is 2.76. The van der Waals surface area contributed by atoms with Crippen LogP contribution in [0.1, 0.15) is 37.0 Å². The Kier molecular flexibility index (Phi) is 13.5. The number of carbonyl (C=O) groups is 1. The molecule has 6 nitrogen and oxygen atoms in total. The highest BCUT2D eigenvalue weighted by atomic mass is 127. The Morgan fingerprint density at radius 1 is 0.967 bits per heavy atom. The number of carbonyl (C=O) groups excluding carboxylic acids is 1. The number of halogens is 1. The van der Waals surface area contributed by atoms with Gasteiger partial charge in [-0.25, -0.2) is 0 Å². The van der Waals surface area contributed by atoms with Crippen LogP contribution in [-0.2, 0) is 16.1 Å². The number of rotatable bonds is 11. The number of nitrogens with zero attached hydrogens (tertiary/aromatic N) is 1. The van der Waals surface area contributed by atoms with Crippen molar-refractivity contribution in [3.8, 4) is 0 Å². The molecule has 0 saturated carbocycles. The molecule has 2 aromatic carbocycles. The summed E-state index contributed by atoms with van der Waals surface area (Å²) in [6.07, 6.45) is 1.35. The van der Waals surface area contributed by atoms with Gasteiger partial charge in [0.25, 0.3) is 0 Å². The van der Waals surface area contributed by atoms with Gasteiger partial charge < -0.3 is 20.7 Å². The summed E-state index contributed by atoms with van der Waals surface area (Å²) in [4.78, 5) is 16.1. The van der Waals surface area contributed by atoms with E-state index in [0.717, 1.165) is 18.5 Å². The normalized spacial score (nSPS) is 11.9. The average Bonchev–Trinajstić information content (AvgIpc) is 2.77. The van der Waals surface area contributed by atoms with Crippen molar-refractivity contribution in [2.24, 2.45) is 4.99 Å². The quantitative estimate of drug-likeness (QED) is 0.182. The lowest BCUT2D eigenvalue weighted by Gasteiger charge is -2.15. The second-order valence-corrected chi connectivity index (χ2v) is 6.72. The lowest BCUT2D eigenvalue weighted by atomic mass is 10.1. The molecule has 7 heteroatoms. The third kappa shape index (κ3) is 10.6. The lowest BCUT2D eigenvalue weighted by Crippen LogP contribution is -2.39. The second kappa shape index (κ2) is 15.7. The number of nitrogens with one attached hydrogen (secondary N) is 3. The topological polar surface area (TPSA) is 74.8 Å². The average molecular weight is 524 g/mol. The highest BCUT2D eigenvalue weighted by molar-refractivity contribution is 14.0. The molecule has 164 valence electrons. The highest BCUT2D eigenvalue weighted by Gasteiger charge is 2.05. The van der Waals surface area contributed by atoms with E-state index < -0.39 is 0 Å². The molecule has 0 spiro atoms. The van der Waals surface area contributed by atoms with Crippen molar-refractivity contribution in [3.63, 3.8) is 0 Å². The van der Waals surface area contributed by atoms with E-state index in [1.54, 1.807) is 7.05 Å². The standard InChI is InChI=1S/C23H32N4O2.HI/c1-19(21-12-7-4-8-13-21)29-17-9-15-25-23(24-2)26-16-14-22(28)27-18-20-10-5-3-6-11-20;/h3-8,10-13,19H,9,14-18H2,1-2H3,(H,27,28)(H2,24,25,26);1H. The molecule has 0 aliphatic rings. The zero-order valence-corrected chi connectivity index (χ0v) is 20.1. The summed E-state index contributed by atoms with van der Waals surface area (Å²) in [7, 11) is 1.72. The minimum Gasteiger partial charge on any atom is -0.374 e. The smallest absolute Gasteiger partial charge is 0.222 e. The Hall–Kier alpha value is -2.13. The number of hydrogen-bond acceptors (Lipinski definition) is 3. The Balaban J connectivity index is 0.00000450. The first-order chi connectivity index (χ1) is 14.2. The molecule has 0 aliphatic heterocycles. The maximum Gasteiger partial charge on any atom is 0.222 e. The van der Waals surface area contributed by atoms with Crippen LogP contribution in [-0.4, -0.2) is 38.6 Å². The van der Waals surface area contributed by atoms with Crippen LogP contribution in [0.3, 0.4) is 0 Å². The summed E-state index contributed by atoms with van der Waals surface area (Å²) < 4.78 is 5.87. The van der Waals surface area contributed by atoms with E-state index in [1.165, 1.54) is 5.56 Å². The molecule has 0 radical (unpaired) electrons. The molecule has 0 aliphatic carbocycles. The van der Waals surface area contributed by atoms with Gasteiger partial charge in [-0.3, -0.25) is 9.79 Å². The third-order valence-electron chi connectivity index (χ3n) is 4.45. The van der Waals surface area contributed by atoms with Gasteiger partial charge in [-0.15, -0.1) is 24.0 Å². The van der Waals surface area contributed by atoms with E-state index in [0.29, 0.717) is 32.1 Å². The van der Waals surface area contributed by atoms with Gasteiger partial charge in [0.2, 0.25) is 5.91 Å². The SMILES string of the molecule is CN=C(NCCCOC(C)c1ccccc1)NCCC(=O)NCc1ccccc1.I. The first-order valence-electron chi connectivity index (χ1n) is 10.1. The van der Waals surface area contributed by atoms with Gasteiger partial charge >= 0.3 is 0 Å². The van der Waals surface area contributed by atoms with E-state index in [1.807, 2.05) is 48.5 Å². The van der Waals surface area contributed by atoms with Crippen LogP contribution < -0.4 is 16.0 Å². The van der Waals surface area contributed by atoms with E-state index in [4.69, 9.17) is 4.74 Å². The van der Waals surface area contributed by atoms with Crippen LogP contribution in [0.15, 0.2) is 65.7 Å². The van der Waals surface area contributed by atoms with Crippen LogP contribution in [0.25, 0.3) is 0 Å². The van der Waals surface area contributed by atoms with Crippen molar-refractivity contribution >= 4 is 35.8 Å². The molecule has 0 heterocycles. The number of aliphatic imine (C=N–C) groups is 1. The predicted octanol–water partition coefficient (Wildman–Crippen LogP) is 3.64. The van der Waals surface area contributed by atoms with Crippen molar-refractivity contribution in [3.05, 3.63) is 71.8 Å². The Morgan fingerprint density at radius 2 is 1.60 bits per heavy atom. The maximum atomic E-state index is 11.9. The van der Waals surface area contributed by atoms with Gasteiger partial charge in [-0.2, -0.15) is 0 Å². The van der Waals surface area contributed by atoms with Gasteiger partial charge in [-0.1, -0.05) is 60.7 Å². The summed E-state index contributed by atoms with van der Waals surface area (Å²) in [5.74, 6) is 0.706. The van der Waals surface area contributed by atoms with Crippen molar-refractivity contribution in [1.29, 1.82) is 0 Å². The van der Waals surface area contributed by atoms with E-state index in [2.05, 4.69) is 40.0 Å². The summed E-state index contributed by atoms with van der Waals surface area (Å²) in [5.41, 5.74) is 2.28. The minimum atomic E-state index is 0. The molecule has 1 unspecified atom stereocenters. The van der Waals surface area contributed by atoms with Crippen LogP contribution in [0.2, 0.25) is 0 Å². The number of ether oxygens (including phenoxy) is 1. The molecule has 0 bridgehead atoms. The monoisotopic (exact) mass is 524 g/mol. The van der Waals surface area contributed by atoms with E-state index >= 15 is 0 Å². The number of amides is 1. The van der Waals surface area contributed by atoms with Crippen molar-refractivity contribution in [1.82, 2.24) is 16.0 Å². The summed E-state index contributed by atoms with van der Waals surface area (Å²) >= 11 is 0. The first kappa shape index (κ1) is 25.9. The largest absolute Gasteiger partial charge is 0.374 e. The fourth-order valence-corrected chi connectivity index (χ4v) is 2.76. The lowest BCUT2D eigenvalue weighted by molar-refractivity contribution is -0.121. The zero-order valence-electron chi connectivity index (χ0n) is 17.8. The molecule has 1 amide bonds. The molecule has 30 heavy (non-hydrogen) atoms. The summed E-state index contributed by atoms with van der Waals surface area (Å²) in [5, 5.41) is 9.32. The van der Waals surface area contributed by atoms with Gasteiger partial charge in [-0.05, 0) is 24.5 Å². The number of hydrogen-bond donors (Lipinski definition) is 3. The fraction of sp³-hybridized carbons (Fsp3) is 0.391. The Labute approximate surface area is 196 Å². The molecular formula is C23H33IN4O2. The van der Waals surface area contributed by atoms with Gasteiger partial charge in [0, 0.05) is 39.7 Å². The van der Waals surface area contributed by atoms with Crippen molar-refractivity contribution in [2.45, 2.75) is 32.4 Å². The van der Waals surface area contributed by atoms with E-state index in [-0.39, 0.29) is 36.0 Å². The second-order valence-electron chi connectivity index (χ2n) is 6.72. The molecule has 0 aromatic heterocycles. The van der Waals surface area contributed by atoms with Crippen LogP contribution >= 0.6 is 24.0 Å². The molecule has 0 saturated heterocycles. The minimum absolute atomic E-state index is 0. The molecular weight excluding hydrogens is 491 g/mol. The Bertz CT molecular complexity index is 741. The number of guanidine groups is 1. The maximum absolute atomic E-state index is 11.9. The molecule has 1 atom stereocenters. The van der Waals surface area contributed by atoms with Gasteiger partial charge in [0.1, 0.15) is 0 Å². The molecule has 2 rings (SSSR count). The van der Waals surface area contributed by atoms with Crippen LogP contribution in [0, 0.1) is 0 Å². The van der Waals surface area contributed by atoms with Crippen LogP contribution in [0.5, 0.6) is 0 Å². The summed E-state index contributed by atoms with van der Waals surface area (Å²) in [6.45, 7) is 4.56. The van der Waals surface area contributed by atoms with Crippen LogP contribution in [0.4, 0.5) is 0 Å². The summed E-state index contributed by atoms with van der Waals surface area (Å²) in [6, 6.07) is 20.1. The zero-order chi connectivity index (χ0) is 20.7. The third-order valence-corrected chi connectivity index (χ3v) is 4.45. The molecule has 3 N–H and O–H groups in total. The number of benzene rings is 2.